The van der Waals surface area contributed by atoms with Crippen LogP contribution in [0.2, 0.25) is 0 Å². The van der Waals surface area contributed by atoms with Gasteiger partial charge in [0, 0.05) is 34.2 Å². The number of aromatic amines is 1. The summed E-state index contributed by atoms with van der Waals surface area (Å²) < 4.78 is 10.9. The Bertz CT molecular complexity index is 1920. The van der Waals surface area contributed by atoms with Gasteiger partial charge in [0.15, 0.2) is 0 Å². The number of ether oxygens (including phenoxy) is 2. The molecule has 0 aliphatic carbocycles. The van der Waals surface area contributed by atoms with Crippen LogP contribution in [0.5, 0.6) is 11.5 Å². The van der Waals surface area contributed by atoms with E-state index in [0.29, 0.717) is 6.42 Å². The second-order valence-corrected chi connectivity index (χ2v) is 10.6. The standard InChI is InChI=1S/C39H31N3O2/c1-43-30-21-17-26(18-22-30)34-25-35(40-36(34)29-19-23-31(44-2)24-20-29)32-15-9-10-16-33(32)39-41-37(27-11-5-3-6-12-27)38(42-39)28-13-7-4-8-14-28/h3-24H,25H2,1-2H3,(H,41,42). The molecule has 0 amide bonds. The molecule has 5 aromatic carbocycles. The van der Waals surface area contributed by atoms with Crippen molar-refractivity contribution in [3.8, 4) is 45.4 Å². The molecule has 0 spiro atoms. The van der Waals surface area contributed by atoms with Gasteiger partial charge in [-0.3, -0.25) is 4.99 Å². The maximum Gasteiger partial charge on any atom is 0.139 e. The van der Waals surface area contributed by atoms with E-state index in [2.05, 4.69) is 89.9 Å². The molecule has 0 atom stereocenters. The zero-order chi connectivity index (χ0) is 29.9. The van der Waals surface area contributed by atoms with Crippen molar-refractivity contribution in [2.24, 2.45) is 4.99 Å². The number of imidazole rings is 1. The van der Waals surface area contributed by atoms with Crippen molar-refractivity contribution in [3.63, 3.8) is 0 Å². The van der Waals surface area contributed by atoms with E-state index in [-0.39, 0.29) is 0 Å². The highest BCUT2D eigenvalue weighted by molar-refractivity contribution is 6.19. The maximum absolute atomic E-state index is 5.43. The van der Waals surface area contributed by atoms with Crippen LogP contribution in [0.25, 0.3) is 45.2 Å². The van der Waals surface area contributed by atoms with E-state index >= 15 is 0 Å². The Morgan fingerprint density at radius 1 is 0.545 bits per heavy atom. The van der Waals surface area contributed by atoms with Crippen LogP contribution in [0.1, 0.15) is 23.1 Å². The van der Waals surface area contributed by atoms with Crippen molar-refractivity contribution in [2.45, 2.75) is 6.42 Å². The number of rotatable bonds is 8. The molecule has 0 saturated heterocycles. The smallest absolute Gasteiger partial charge is 0.139 e. The molecule has 1 aliphatic rings. The van der Waals surface area contributed by atoms with Crippen LogP contribution in [0, 0.1) is 0 Å². The predicted molar refractivity (Wildman–Crippen MR) is 179 cm³/mol. The van der Waals surface area contributed by atoms with Crippen molar-refractivity contribution in [1.82, 2.24) is 9.97 Å². The molecule has 0 saturated carbocycles. The van der Waals surface area contributed by atoms with Gasteiger partial charge >= 0.3 is 0 Å². The quantitative estimate of drug-likeness (QED) is 0.197. The molecular weight excluding hydrogens is 542 g/mol. The van der Waals surface area contributed by atoms with Crippen LogP contribution in [-0.2, 0) is 0 Å². The minimum absolute atomic E-state index is 0.683. The largest absolute Gasteiger partial charge is 0.497 e. The zero-order valence-corrected chi connectivity index (χ0v) is 24.6. The topological polar surface area (TPSA) is 59.5 Å². The number of H-pyrrole nitrogens is 1. The molecule has 214 valence electrons. The number of allylic oxidation sites excluding steroid dienone is 1. The van der Waals surface area contributed by atoms with E-state index in [0.717, 1.165) is 79.1 Å². The average Bonchev–Trinajstić information content (AvgIpc) is 3.75. The predicted octanol–water partition coefficient (Wildman–Crippen LogP) is 9.19. The minimum atomic E-state index is 0.683. The molecule has 1 aliphatic heterocycles. The highest BCUT2D eigenvalue weighted by Crippen LogP contribution is 2.40. The summed E-state index contributed by atoms with van der Waals surface area (Å²) in [7, 11) is 3.37. The molecule has 2 heterocycles. The molecule has 0 radical (unpaired) electrons. The van der Waals surface area contributed by atoms with Crippen LogP contribution in [0.4, 0.5) is 0 Å². The van der Waals surface area contributed by atoms with E-state index in [1.807, 2.05) is 48.5 Å². The van der Waals surface area contributed by atoms with Gasteiger partial charge in [-0.2, -0.15) is 0 Å². The van der Waals surface area contributed by atoms with E-state index in [4.69, 9.17) is 19.5 Å². The number of methoxy groups -OCH3 is 2. The van der Waals surface area contributed by atoms with Crippen molar-refractivity contribution in [2.75, 3.05) is 14.2 Å². The number of aliphatic imine (C=N–C) groups is 1. The summed E-state index contributed by atoms with van der Waals surface area (Å²) in [6, 6.07) is 45.4. The molecule has 0 bridgehead atoms. The third-order valence-corrected chi connectivity index (χ3v) is 7.99. The maximum atomic E-state index is 5.43. The third-order valence-electron chi connectivity index (χ3n) is 7.99. The van der Waals surface area contributed by atoms with E-state index in [1.165, 1.54) is 0 Å². The lowest BCUT2D eigenvalue weighted by molar-refractivity contribution is 0.414. The molecule has 0 unspecified atom stereocenters. The Morgan fingerprint density at radius 3 is 1.70 bits per heavy atom. The first-order chi connectivity index (χ1) is 21.7. The van der Waals surface area contributed by atoms with Gasteiger partial charge in [-0.05, 0) is 47.5 Å². The number of hydrogen-bond donors (Lipinski definition) is 1. The van der Waals surface area contributed by atoms with E-state index in [9.17, 15) is 0 Å². The van der Waals surface area contributed by atoms with Crippen LogP contribution < -0.4 is 9.47 Å². The summed E-state index contributed by atoms with van der Waals surface area (Å²) in [4.78, 5) is 14.2. The normalized spacial score (nSPS) is 12.7. The Balaban J connectivity index is 1.34. The molecule has 0 fully saturated rings. The minimum Gasteiger partial charge on any atom is -0.497 e. The number of benzene rings is 5. The second-order valence-electron chi connectivity index (χ2n) is 10.6. The summed E-state index contributed by atoms with van der Waals surface area (Å²) >= 11 is 0. The molecule has 7 rings (SSSR count). The Morgan fingerprint density at radius 2 is 1.09 bits per heavy atom. The Hall–Kier alpha value is -5.68. The zero-order valence-electron chi connectivity index (χ0n) is 24.6. The monoisotopic (exact) mass is 573 g/mol. The fraction of sp³-hybridized carbons (Fsp3) is 0.0769. The highest BCUT2D eigenvalue weighted by atomic mass is 16.5. The SMILES string of the molecule is COc1ccc(C2=C(c3ccc(OC)cc3)N=C(c3ccccc3-c3nc(-c4ccccc4)c(-c4ccccc4)[nH]3)C2)cc1. The van der Waals surface area contributed by atoms with Crippen LogP contribution >= 0.6 is 0 Å². The number of aromatic nitrogens is 2. The van der Waals surface area contributed by atoms with Gasteiger partial charge in [0.25, 0.3) is 0 Å². The summed E-state index contributed by atoms with van der Waals surface area (Å²) in [5.41, 5.74) is 11.4. The Labute approximate surface area is 257 Å². The lowest BCUT2D eigenvalue weighted by Gasteiger charge is -2.10. The van der Waals surface area contributed by atoms with Gasteiger partial charge in [-0.15, -0.1) is 0 Å². The fourth-order valence-corrected chi connectivity index (χ4v) is 5.73. The highest BCUT2D eigenvalue weighted by Gasteiger charge is 2.25. The van der Waals surface area contributed by atoms with Gasteiger partial charge in [0.05, 0.1) is 37.0 Å². The first-order valence-corrected chi connectivity index (χ1v) is 14.6. The number of hydrogen-bond acceptors (Lipinski definition) is 4. The first kappa shape index (κ1) is 27.2. The first-order valence-electron chi connectivity index (χ1n) is 14.6. The molecule has 6 aromatic rings. The van der Waals surface area contributed by atoms with Crippen molar-refractivity contribution < 1.29 is 9.47 Å². The summed E-state index contributed by atoms with van der Waals surface area (Å²) in [5, 5.41) is 0. The third kappa shape index (κ3) is 5.20. The molecule has 1 N–H and O–H groups in total. The lowest BCUT2D eigenvalue weighted by Crippen LogP contribution is -2.01. The van der Waals surface area contributed by atoms with Crippen LogP contribution in [0.3, 0.4) is 0 Å². The summed E-state index contributed by atoms with van der Waals surface area (Å²) in [5.74, 6) is 2.45. The molecule has 44 heavy (non-hydrogen) atoms. The van der Waals surface area contributed by atoms with E-state index in [1.54, 1.807) is 14.2 Å². The lowest BCUT2D eigenvalue weighted by atomic mass is 9.94. The molecular formula is C39H31N3O2. The van der Waals surface area contributed by atoms with Crippen molar-refractivity contribution in [3.05, 3.63) is 150 Å². The fourth-order valence-electron chi connectivity index (χ4n) is 5.73. The molecule has 5 nitrogen and oxygen atoms in total. The van der Waals surface area contributed by atoms with Crippen LogP contribution in [0.15, 0.2) is 138 Å². The van der Waals surface area contributed by atoms with Gasteiger partial charge in [-0.1, -0.05) is 97.1 Å². The van der Waals surface area contributed by atoms with Gasteiger partial charge in [0.1, 0.15) is 17.3 Å². The number of nitrogens with zero attached hydrogens (tertiary/aromatic N) is 2. The molecule has 1 aromatic heterocycles. The molecule has 5 heteroatoms. The number of nitrogens with one attached hydrogen (secondary N) is 1. The van der Waals surface area contributed by atoms with Crippen molar-refractivity contribution >= 4 is 17.0 Å². The van der Waals surface area contributed by atoms with Crippen molar-refractivity contribution in [1.29, 1.82) is 0 Å². The summed E-state index contributed by atoms with van der Waals surface area (Å²) in [6.07, 6.45) is 0.683. The van der Waals surface area contributed by atoms with Gasteiger partial charge in [0.2, 0.25) is 0 Å². The van der Waals surface area contributed by atoms with Crippen LogP contribution in [-0.4, -0.2) is 29.9 Å². The second kappa shape index (κ2) is 11.9. The van der Waals surface area contributed by atoms with Gasteiger partial charge in [-0.25, -0.2) is 4.98 Å². The summed E-state index contributed by atoms with van der Waals surface area (Å²) in [6.45, 7) is 0. The van der Waals surface area contributed by atoms with Gasteiger partial charge < -0.3 is 14.5 Å². The Kier molecular flexibility index (Phi) is 7.35. The van der Waals surface area contributed by atoms with E-state index < -0.39 is 0 Å². The average molecular weight is 574 g/mol.